The normalized spacial score (nSPS) is 18.9. The van der Waals surface area contributed by atoms with Crippen molar-refractivity contribution in [1.82, 2.24) is 0 Å². The van der Waals surface area contributed by atoms with Crippen LogP contribution in [0.5, 0.6) is 0 Å². The molecule has 0 amide bonds. The van der Waals surface area contributed by atoms with Crippen LogP contribution in [0, 0.1) is 24.2 Å². The smallest absolute Gasteiger partial charge is 0.424 e. The molecule has 2 heterocycles. The molecule has 0 spiro atoms. The molecule has 62 heavy (non-hydrogen) atoms. The fourth-order valence-corrected chi connectivity index (χ4v) is 16.1. The molecule has 4 aromatic rings. The fourth-order valence-electron chi connectivity index (χ4n) is 8.40. The third kappa shape index (κ3) is 11.4. The maximum absolute atomic E-state index is 12.3. The molecule has 2 saturated heterocycles. The molecule has 2 fully saturated rings. The summed E-state index contributed by atoms with van der Waals surface area (Å²) in [6.07, 6.45) is 9.42. The van der Waals surface area contributed by atoms with E-state index in [0.29, 0.717) is 0 Å². The Hall–Kier alpha value is -3.50. The van der Waals surface area contributed by atoms with Crippen molar-refractivity contribution in [3.8, 4) is 12.3 Å². The van der Waals surface area contributed by atoms with E-state index in [1.165, 1.54) is 7.69 Å². The van der Waals surface area contributed by atoms with E-state index in [1.54, 1.807) is 0 Å². The van der Waals surface area contributed by atoms with E-state index < -0.39 is 16.6 Å². The van der Waals surface area contributed by atoms with Gasteiger partial charge in [-0.3, -0.25) is 0 Å². The molecule has 4 aromatic carbocycles. The molecular weight excluding hydrogens is 798 g/mol. The zero-order valence-electron chi connectivity index (χ0n) is 40.0. The highest BCUT2D eigenvalue weighted by Crippen LogP contribution is 2.43. The number of allylic oxidation sites excluding steroid dienone is 1. The van der Waals surface area contributed by atoms with Gasteiger partial charge in [0.1, 0.15) is 0 Å². The van der Waals surface area contributed by atoms with Crippen LogP contribution in [-0.4, -0.2) is 63.4 Å². The van der Waals surface area contributed by atoms with Gasteiger partial charge in [0.15, 0.2) is 0 Å². The summed E-state index contributed by atoms with van der Waals surface area (Å²) in [5, 5.41) is 3.63. The molecule has 10 heteroatoms. The number of rotatable bonds is 12. The Morgan fingerprint density at radius 1 is 0.581 bits per heavy atom. The SMILES string of the molecule is C#C[C@@H](C)CC(C)(C)[Si](O)(c1ccccc1)c1ccccc1.CC1(C)O[B]OC1(C)C.C[C@H](/C=C/B1OC(C)(C)C(C)(C)O1)CC(C)(C)[Si](O)(c1ccccc1)c1ccccc1. The molecule has 2 atom stereocenters. The van der Waals surface area contributed by atoms with E-state index in [1.807, 2.05) is 138 Å². The first kappa shape index (κ1) is 51.1. The van der Waals surface area contributed by atoms with Gasteiger partial charge in [-0.25, -0.2) is 0 Å². The molecular formula is C52H73B2O6Si2. The maximum atomic E-state index is 12.3. The summed E-state index contributed by atoms with van der Waals surface area (Å²) in [4.78, 5) is 24.2. The van der Waals surface area contributed by atoms with Crippen LogP contribution in [0.3, 0.4) is 0 Å². The molecule has 0 aromatic heterocycles. The maximum Gasteiger partial charge on any atom is 0.488 e. The van der Waals surface area contributed by atoms with E-state index >= 15 is 0 Å². The number of hydrogen-bond acceptors (Lipinski definition) is 6. The topological polar surface area (TPSA) is 77.4 Å². The van der Waals surface area contributed by atoms with Crippen LogP contribution in [0.2, 0.25) is 10.1 Å². The van der Waals surface area contributed by atoms with Gasteiger partial charge in [-0.1, -0.05) is 175 Å². The van der Waals surface area contributed by atoms with Crippen molar-refractivity contribution in [3.63, 3.8) is 0 Å². The van der Waals surface area contributed by atoms with Gasteiger partial charge in [-0.05, 0) is 105 Å². The molecule has 2 aliphatic rings. The van der Waals surface area contributed by atoms with Gasteiger partial charge in [0, 0.05) is 5.92 Å². The van der Waals surface area contributed by atoms with Gasteiger partial charge >= 0.3 is 14.8 Å². The molecule has 1 radical (unpaired) electrons. The summed E-state index contributed by atoms with van der Waals surface area (Å²) in [6, 6.07) is 40.5. The molecule has 6 rings (SSSR count). The third-order valence-electron chi connectivity index (χ3n) is 13.7. The highest BCUT2D eigenvalue weighted by atomic mass is 28.4. The predicted molar refractivity (Wildman–Crippen MR) is 266 cm³/mol. The van der Waals surface area contributed by atoms with Crippen molar-refractivity contribution >= 4 is 52.2 Å². The first-order valence-electron chi connectivity index (χ1n) is 22.1. The second kappa shape index (κ2) is 20.1. The van der Waals surface area contributed by atoms with Crippen LogP contribution < -0.4 is 20.7 Å². The predicted octanol–water partition coefficient (Wildman–Crippen LogP) is 9.04. The zero-order chi connectivity index (χ0) is 46.3. The number of hydrogen-bond donors (Lipinski definition) is 2. The summed E-state index contributed by atoms with van der Waals surface area (Å²) >= 11 is 0. The van der Waals surface area contributed by atoms with Crippen LogP contribution >= 0.6 is 0 Å². The molecule has 6 nitrogen and oxygen atoms in total. The van der Waals surface area contributed by atoms with Crippen molar-refractivity contribution < 1.29 is 28.2 Å². The Balaban J connectivity index is 0.000000235. The van der Waals surface area contributed by atoms with E-state index in [4.69, 9.17) is 25.0 Å². The highest BCUT2D eigenvalue weighted by molar-refractivity contribution is 6.99. The van der Waals surface area contributed by atoms with E-state index in [9.17, 15) is 9.59 Å². The lowest BCUT2D eigenvalue weighted by molar-refractivity contribution is 0.00578. The summed E-state index contributed by atoms with van der Waals surface area (Å²) in [5.74, 6) is 5.24. The highest BCUT2D eigenvalue weighted by Gasteiger charge is 2.52. The van der Waals surface area contributed by atoms with Gasteiger partial charge in [-0.2, -0.15) is 0 Å². The lowest BCUT2D eigenvalue weighted by Crippen LogP contribution is -2.65. The summed E-state index contributed by atoms with van der Waals surface area (Å²) in [5.41, 5.74) is -1.05. The molecule has 0 unspecified atom stereocenters. The minimum absolute atomic E-state index is 0.140. The molecule has 2 aliphatic heterocycles. The van der Waals surface area contributed by atoms with Crippen molar-refractivity contribution in [2.45, 2.75) is 142 Å². The van der Waals surface area contributed by atoms with Crippen molar-refractivity contribution in [1.29, 1.82) is 0 Å². The minimum Gasteiger partial charge on any atom is -0.424 e. The number of terminal acetylenes is 1. The van der Waals surface area contributed by atoms with E-state index in [-0.39, 0.29) is 51.4 Å². The van der Waals surface area contributed by atoms with Gasteiger partial charge < -0.3 is 28.2 Å². The van der Waals surface area contributed by atoms with Crippen molar-refractivity contribution in [3.05, 3.63) is 133 Å². The number of benzene rings is 4. The Kier molecular flexibility index (Phi) is 16.6. The fraction of sp³-hybridized carbons (Fsp3) is 0.462. The molecule has 0 bridgehead atoms. The Bertz CT molecular complexity index is 1960. The molecule has 331 valence electrons. The molecule has 2 N–H and O–H groups in total. The van der Waals surface area contributed by atoms with Crippen LogP contribution in [0.4, 0.5) is 0 Å². The van der Waals surface area contributed by atoms with Gasteiger partial charge in [0.05, 0.1) is 22.4 Å². The monoisotopic (exact) mass is 872 g/mol. The summed E-state index contributed by atoms with van der Waals surface area (Å²) in [7, 11) is -4.82. The van der Waals surface area contributed by atoms with Crippen LogP contribution in [0.15, 0.2) is 133 Å². The van der Waals surface area contributed by atoms with Crippen molar-refractivity contribution in [2.75, 3.05) is 0 Å². The summed E-state index contributed by atoms with van der Waals surface area (Å²) < 4.78 is 22.6. The largest absolute Gasteiger partial charge is 0.488 e. The Labute approximate surface area is 378 Å². The molecule has 0 saturated carbocycles. The quantitative estimate of drug-likeness (QED) is 0.109. The van der Waals surface area contributed by atoms with Crippen molar-refractivity contribution in [2.24, 2.45) is 11.8 Å². The van der Waals surface area contributed by atoms with Crippen LogP contribution in [-0.2, 0) is 18.6 Å². The second-order valence-electron chi connectivity index (χ2n) is 20.5. The van der Waals surface area contributed by atoms with E-state index in [0.717, 1.165) is 33.6 Å². The Morgan fingerprint density at radius 3 is 1.16 bits per heavy atom. The standard InChI is InChI=1S/C26H37BO3Si.C20H24OSi.C6H12BO2/c1-21(18-19-27-29-25(4,5)26(6,7)30-27)20-24(2,3)31(28,22-14-10-8-11-15-22)23-16-12-9-13-17-23;1-5-17(2)16-20(3,4)22(21,18-12-8-6-9-13-18)19-14-10-7-11-15-19;1-5(2)6(3,4)9-7-8-5/h8-19,21,28H,20H2,1-7H3;1,6-15,17,21H,16H2,2-4H3;1-4H3/b19-18+;;/t21-;17-;/m11./s1. The van der Waals surface area contributed by atoms with Gasteiger partial charge in [0.25, 0.3) is 16.6 Å². The lowest BCUT2D eigenvalue weighted by atomic mass is 9.86. The second-order valence-corrected chi connectivity index (χ2v) is 28.3. The minimum atomic E-state index is -2.99. The van der Waals surface area contributed by atoms with E-state index in [2.05, 4.69) is 98.6 Å². The first-order chi connectivity index (χ1) is 28.8. The molecule has 0 aliphatic carbocycles. The average molecular weight is 872 g/mol. The Morgan fingerprint density at radius 2 is 0.887 bits per heavy atom. The third-order valence-corrected chi connectivity index (χ3v) is 22.7. The van der Waals surface area contributed by atoms with Gasteiger partial charge in [0.2, 0.25) is 0 Å². The average Bonchev–Trinajstić information content (AvgIpc) is 3.61. The first-order valence-corrected chi connectivity index (χ1v) is 26.0. The lowest BCUT2D eigenvalue weighted by Gasteiger charge is -2.42. The van der Waals surface area contributed by atoms with Gasteiger partial charge in [-0.15, -0.1) is 12.3 Å². The summed E-state index contributed by atoms with van der Waals surface area (Å²) in [6.45, 7) is 29.3. The van der Waals surface area contributed by atoms with Crippen LogP contribution in [0.25, 0.3) is 0 Å². The van der Waals surface area contributed by atoms with Crippen LogP contribution in [0.1, 0.15) is 110 Å². The zero-order valence-corrected chi connectivity index (χ0v) is 42.0.